The largest absolute Gasteiger partial charge is 0.0915 e. The zero-order valence-corrected chi connectivity index (χ0v) is 16.3. The Bertz CT molecular complexity index is 670. The Labute approximate surface area is 141 Å². The first-order valence-electron chi connectivity index (χ1n) is 7.84. The van der Waals surface area contributed by atoms with E-state index >= 15 is 0 Å². The zero-order chi connectivity index (χ0) is 16.6. The molecule has 0 spiro atoms. The molecule has 0 N–H and O–H groups in total. The van der Waals surface area contributed by atoms with E-state index in [2.05, 4.69) is 96.1 Å². The summed E-state index contributed by atoms with van der Waals surface area (Å²) in [6, 6.07) is 17.6. The van der Waals surface area contributed by atoms with Gasteiger partial charge in [0.15, 0.2) is 0 Å². The van der Waals surface area contributed by atoms with Gasteiger partial charge in [-0.25, -0.2) is 0 Å². The molecular weight excluding hydrogens is 303 g/mol. The fourth-order valence-corrected chi connectivity index (χ4v) is 8.11. The van der Waals surface area contributed by atoms with Crippen molar-refractivity contribution in [3.8, 4) is 11.1 Å². The maximum Gasteiger partial charge on any atom is -0.00466 e. The minimum Gasteiger partial charge on any atom is -0.0915 e. The molecule has 118 valence electrons. The molecule has 0 fully saturated rings. The predicted molar refractivity (Wildman–Crippen MR) is 105 cm³/mol. The molecule has 2 aromatic rings. The molecule has 0 saturated heterocycles. The summed E-state index contributed by atoms with van der Waals surface area (Å²) in [6.45, 7) is 13.8. The minimum atomic E-state index is -1.81. The fraction of sp³-hybridized carbons (Fsp3) is 0.400. The van der Waals surface area contributed by atoms with Gasteiger partial charge in [0.2, 0.25) is 0 Å². The van der Waals surface area contributed by atoms with Crippen LogP contribution in [0.5, 0.6) is 0 Å². The van der Waals surface area contributed by atoms with Crippen LogP contribution in [-0.4, -0.2) is 10.3 Å². The van der Waals surface area contributed by atoms with Gasteiger partial charge in [0, 0.05) is 0 Å². The highest BCUT2D eigenvalue weighted by Crippen LogP contribution is 2.66. The van der Waals surface area contributed by atoms with E-state index in [1.807, 2.05) is 0 Å². The van der Waals surface area contributed by atoms with Crippen LogP contribution in [0, 0.1) is 0 Å². The summed E-state index contributed by atoms with van der Waals surface area (Å²) >= 11 is 6.44. The summed E-state index contributed by atoms with van der Waals surface area (Å²) in [5.41, 5.74) is 2.57. The molecule has 0 heterocycles. The van der Waals surface area contributed by atoms with E-state index in [1.165, 1.54) is 16.4 Å². The van der Waals surface area contributed by atoms with E-state index in [4.69, 9.17) is 11.8 Å². The maximum atomic E-state index is 6.44. The van der Waals surface area contributed by atoms with Gasteiger partial charge in [0.05, 0.1) is 0 Å². The van der Waals surface area contributed by atoms with Crippen LogP contribution in [0.4, 0.5) is 0 Å². The molecule has 0 unspecified atom stereocenters. The van der Waals surface area contributed by atoms with Gasteiger partial charge in [-0.15, -0.1) is 0 Å². The van der Waals surface area contributed by atoms with Crippen molar-refractivity contribution in [1.82, 2.24) is 0 Å². The number of hydrogen-bond acceptors (Lipinski definition) is 1. The van der Waals surface area contributed by atoms with E-state index in [0.717, 1.165) is 0 Å². The molecule has 0 aliphatic heterocycles. The minimum absolute atomic E-state index is 0.0888. The van der Waals surface area contributed by atoms with Crippen molar-refractivity contribution >= 4 is 23.1 Å². The summed E-state index contributed by atoms with van der Waals surface area (Å²) in [7, 11) is 0. The Kier molecular flexibility index (Phi) is 4.71. The molecule has 2 heteroatoms. The molecule has 0 aromatic heterocycles. The van der Waals surface area contributed by atoms with Crippen LogP contribution in [0.1, 0.15) is 41.5 Å². The van der Waals surface area contributed by atoms with Gasteiger partial charge >= 0.3 is 0 Å². The third-order valence-electron chi connectivity index (χ3n) is 4.22. The highest BCUT2D eigenvalue weighted by atomic mass is 32.4. The Morgan fingerprint density at radius 1 is 0.682 bits per heavy atom. The van der Waals surface area contributed by atoms with Crippen LogP contribution in [0.3, 0.4) is 0 Å². The van der Waals surface area contributed by atoms with Crippen molar-refractivity contribution in [3.05, 3.63) is 54.6 Å². The summed E-state index contributed by atoms with van der Waals surface area (Å²) in [5, 5.41) is 1.55. The molecule has 2 aromatic carbocycles. The SMILES string of the molecule is CC(C)(C)P(=S)(c1ccccc1-c1ccccc1)C(C)(C)C. The lowest BCUT2D eigenvalue weighted by atomic mass is 10.1. The first-order valence-corrected chi connectivity index (χ1v) is 10.6. The van der Waals surface area contributed by atoms with Crippen molar-refractivity contribution in [2.45, 2.75) is 51.9 Å². The summed E-state index contributed by atoms with van der Waals surface area (Å²) < 4.78 is 0. The lowest BCUT2D eigenvalue weighted by Gasteiger charge is -2.46. The first-order chi connectivity index (χ1) is 10.1. The number of rotatable bonds is 2. The molecule has 0 bridgehead atoms. The van der Waals surface area contributed by atoms with E-state index < -0.39 is 6.04 Å². The van der Waals surface area contributed by atoms with Gasteiger partial charge < -0.3 is 0 Å². The molecule has 0 amide bonds. The van der Waals surface area contributed by atoms with E-state index in [1.54, 1.807) is 0 Å². The molecular formula is C20H27PS. The van der Waals surface area contributed by atoms with Gasteiger partial charge in [-0.1, -0.05) is 108 Å². The van der Waals surface area contributed by atoms with Gasteiger partial charge in [-0.3, -0.25) is 0 Å². The van der Waals surface area contributed by atoms with Gasteiger partial charge in [-0.2, -0.15) is 0 Å². The summed E-state index contributed by atoms with van der Waals surface area (Å²) in [6.07, 6.45) is 0. The van der Waals surface area contributed by atoms with Crippen LogP contribution in [-0.2, 0) is 11.8 Å². The first kappa shape index (κ1) is 17.4. The van der Waals surface area contributed by atoms with E-state index in [-0.39, 0.29) is 10.3 Å². The van der Waals surface area contributed by atoms with Crippen LogP contribution in [0.15, 0.2) is 54.6 Å². The average molecular weight is 330 g/mol. The topological polar surface area (TPSA) is 0 Å². The summed E-state index contributed by atoms with van der Waals surface area (Å²) in [5.74, 6) is 0. The highest BCUT2D eigenvalue weighted by Gasteiger charge is 2.43. The molecule has 0 radical (unpaired) electrons. The Balaban J connectivity index is 2.79. The van der Waals surface area contributed by atoms with Crippen molar-refractivity contribution in [1.29, 1.82) is 0 Å². The molecule has 0 aliphatic carbocycles. The Morgan fingerprint density at radius 2 is 1.14 bits per heavy atom. The van der Waals surface area contributed by atoms with Crippen LogP contribution >= 0.6 is 6.04 Å². The third kappa shape index (κ3) is 2.94. The molecule has 0 saturated carbocycles. The van der Waals surface area contributed by atoms with Crippen molar-refractivity contribution in [3.63, 3.8) is 0 Å². The van der Waals surface area contributed by atoms with Crippen LogP contribution in [0.2, 0.25) is 0 Å². The van der Waals surface area contributed by atoms with Crippen molar-refractivity contribution in [2.75, 3.05) is 0 Å². The van der Waals surface area contributed by atoms with Gasteiger partial charge in [0.1, 0.15) is 0 Å². The smallest absolute Gasteiger partial charge is 0.00466 e. The maximum absolute atomic E-state index is 6.44. The second kappa shape index (κ2) is 5.95. The van der Waals surface area contributed by atoms with Crippen LogP contribution in [0.25, 0.3) is 11.1 Å². The number of hydrogen-bond donors (Lipinski definition) is 0. The van der Waals surface area contributed by atoms with Crippen LogP contribution < -0.4 is 5.30 Å². The van der Waals surface area contributed by atoms with Crippen molar-refractivity contribution in [2.24, 2.45) is 0 Å². The standard InChI is InChI=1S/C20H27PS/c1-19(2,3)21(22,20(4,5)6)18-15-11-10-14-17(18)16-12-8-7-9-13-16/h7-15H,1-6H3. The average Bonchev–Trinajstić information content (AvgIpc) is 2.45. The Morgan fingerprint density at radius 3 is 1.64 bits per heavy atom. The fourth-order valence-electron chi connectivity index (χ4n) is 3.34. The van der Waals surface area contributed by atoms with E-state index in [0.29, 0.717) is 0 Å². The number of benzene rings is 2. The Hall–Kier alpha value is -0.910. The quantitative estimate of drug-likeness (QED) is 0.604. The lowest BCUT2D eigenvalue weighted by molar-refractivity contribution is 0.712. The highest BCUT2D eigenvalue weighted by molar-refractivity contribution is 8.19. The molecule has 0 nitrogen and oxygen atoms in total. The van der Waals surface area contributed by atoms with Crippen molar-refractivity contribution < 1.29 is 0 Å². The van der Waals surface area contributed by atoms with Gasteiger partial charge in [-0.05, 0) is 32.8 Å². The zero-order valence-electron chi connectivity index (χ0n) is 14.6. The monoisotopic (exact) mass is 330 g/mol. The predicted octanol–water partition coefficient (Wildman–Crippen LogP) is 6.06. The van der Waals surface area contributed by atoms with E-state index in [9.17, 15) is 0 Å². The summed E-state index contributed by atoms with van der Waals surface area (Å²) in [4.78, 5) is 0. The molecule has 2 rings (SSSR count). The second-order valence-corrected chi connectivity index (χ2v) is 13.9. The second-order valence-electron chi connectivity index (χ2n) is 7.83. The van der Waals surface area contributed by atoms with Gasteiger partial charge in [0.25, 0.3) is 0 Å². The lowest BCUT2D eigenvalue weighted by Crippen LogP contribution is -2.35. The molecule has 0 aliphatic rings. The normalized spacial score (nSPS) is 13.2. The third-order valence-corrected chi connectivity index (χ3v) is 12.9. The molecule has 22 heavy (non-hydrogen) atoms. The molecule has 0 atom stereocenters.